The molecule has 0 bridgehead atoms. The highest BCUT2D eigenvalue weighted by molar-refractivity contribution is 6.30. The molecule has 0 aromatic heterocycles. The van der Waals surface area contributed by atoms with Gasteiger partial charge in [-0.3, -0.25) is 0 Å². The van der Waals surface area contributed by atoms with Gasteiger partial charge in [-0.1, -0.05) is 35.9 Å². The second-order valence-electron chi connectivity index (χ2n) is 5.71. The number of rotatable bonds is 9. The first kappa shape index (κ1) is 19.1. The van der Waals surface area contributed by atoms with Crippen molar-refractivity contribution in [1.29, 1.82) is 0 Å². The number of benzene rings is 2. The normalized spacial score (nSPS) is 13.5. The van der Waals surface area contributed by atoms with E-state index in [4.69, 9.17) is 27.9 Å². The molecule has 2 unspecified atom stereocenters. The van der Waals surface area contributed by atoms with Crippen molar-refractivity contribution in [3.8, 4) is 5.75 Å². The van der Waals surface area contributed by atoms with Crippen LogP contribution in [0.3, 0.4) is 0 Å². The molecule has 2 N–H and O–H groups in total. The Balaban J connectivity index is 1.86. The second-order valence-corrected chi connectivity index (χ2v) is 6.53. The van der Waals surface area contributed by atoms with Crippen molar-refractivity contribution in [3.63, 3.8) is 0 Å². The first-order chi connectivity index (χ1) is 11.6. The van der Waals surface area contributed by atoms with Crippen molar-refractivity contribution in [2.75, 3.05) is 12.4 Å². The van der Waals surface area contributed by atoms with E-state index in [1.54, 1.807) is 0 Å². The highest BCUT2D eigenvalue weighted by atomic mass is 35.5. The van der Waals surface area contributed by atoms with Gasteiger partial charge < -0.3 is 15.2 Å². The van der Waals surface area contributed by atoms with Crippen molar-refractivity contribution in [2.45, 2.75) is 32.1 Å². The molecular weight excluding hydrogens is 345 g/mol. The van der Waals surface area contributed by atoms with Crippen LogP contribution in [-0.2, 0) is 6.61 Å². The van der Waals surface area contributed by atoms with Crippen LogP contribution in [0.1, 0.15) is 30.6 Å². The Morgan fingerprint density at radius 1 is 1.08 bits per heavy atom. The molecule has 0 heterocycles. The van der Waals surface area contributed by atoms with Crippen molar-refractivity contribution in [1.82, 2.24) is 5.32 Å². The number of halogens is 2. The van der Waals surface area contributed by atoms with Gasteiger partial charge in [0.05, 0.1) is 6.10 Å². The van der Waals surface area contributed by atoms with E-state index >= 15 is 0 Å². The van der Waals surface area contributed by atoms with Gasteiger partial charge in [0.25, 0.3) is 0 Å². The fraction of sp³-hybridized carbons (Fsp3) is 0.368. The number of ether oxygens (including phenoxy) is 1. The van der Waals surface area contributed by atoms with E-state index in [0.717, 1.165) is 29.8 Å². The predicted octanol–water partition coefficient (Wildman–Crippen LogP) is 4.56. The van der Waals surface area contributed by atoms with E-state index in [1.807, 2.05) is 55.5 Å². The average Bonchev–Trinajstić information content (AvgIpc) is 2.61. The molecule has 5 heteroatoms. The Labute approximate surface area is 153 Å². The molecule has 0 aliphatic rings. The third kappa shape index (κ3) is 5.99. The van der Waals surface area contributed by atoms with Gasteiger partial charge in [0.1, 0.15) is 12.4 Å². The molecule has 0 amide bonds. The molecule has 24 heavy (non-hydrogen) atoms. The molecule has 0 saturated carbocycles. The van der Waals surface area contributed by atoms with Gasteiger partial charge in [-0.15, -0.1) is 11.6 Å². The van der Waals surface area contributed by atoms with Crippen molar-refractivity contribution < 1.29 is 9.84 Å². The zero-order chi connectivity index (χ0) is 17.4. The summed E-state index contributed by atoms with van der Waals surface area (Å²) in [5.74, 6) is 1.39. The lowest BCUT2D eigenvalue weighted by molar-refractivity contribution is 0.136. The maximum atomic E-state index is 10.4. The van der Waals surface area contributed by atoms with Gasteiger partial charge in [0, 0.05) is 16.9 Å². The Morgan fingerprint density at radius 2 is 1.75 bits per heavy atom. The number of nitrogens with one attached hydrogen (secondary N) is 1. The van der Waals surface area contributed by atoms with Crippen LogP contribution in [0.2, 0.25) is 5.02 Å². The van der Waals surface area contributed by atoms with E-state index in [0.29, 0.717) is 17.5 Å². The molecule has 0 aliphatic heterocycles. The molecule has 2 aromatic carbocycles. The number of hydrogen-bond donors (Lipinski definition) is 2. The minimum atomic E-state index is -0.564. The number of alkyl halides is 1. The maximum absolute atomic E-state index is 10.4. The van der Waals surface area contributed by atoms with Crippen LogP contribution in [0.25, 0.3) is 0 Å². The summed E-state index contributed by atoms with van der Waals surface area (Å²) in [4.78, 5) is 0. The van der Waals surface area contributed by atoms with Crippen LogP contribution >= 0.6 is 23.2 Å². The van der Waals surface area contributed by atoms with Crippen molar-refractivity contribution >= 4 is 23.2 Å². The summed E-state index contributed by atoms with van der Waals surface area (Å²) in [6, 6.07) is 15.1. The molecule has 0 aliphatic carbocycles. The van der Waals surface area contributed by atoms with Crippen molar-refractivity contribution in [2.24, 2.45) is 0 Å². The fourth-order valence-electron chi connectivity index (χ4n) is 2.31. The summed E-state index contributed by atoms with van der Waals surface area (Å²) in [5.41, 5.74) is 1.92. The minimum Gasteiger partial charge on any atom is -0.489 e. The molecule has 2 atom stereocenters. The average molecular weight is 368 g/mol. The summed E-state index contributed by atoms with van der Waals surface area (Å²) in [6.45, 7) is 3.24. The van der Waals surface area contributed by atoms with Gasteiger partial charge in [-0.2, -0.15) is 0 Å². The minimum absolute atomic E-state index is 0.0333. The molecule has 0 saturated heterocycles. The van der Waals surface area contributed by atoms with Crippen LogP contribution < -0.4 is 10.1 Å². The van der Waals surface area contributed by atoms with E-state index in [2.05, 4.69) is 5.32 Å². The third-order valence-corrected chi connectivity index (χ3v) is 4.31. The van der Waals surface area contributed by atoms with Gasteiger partial charge in [0.15, 0.2) is 0 Å². The molecule has 0 fully saturated rings. The van der Waals surface area contributed by atoms with Gasteiger partial charge in [-0.05, 0) is 55.3 Å². The summed E-state index contributed by atoms with van der Waals surface area (Å²) in [7, 11) is 0. The highest BCUT2D eigenvalue weighted by Gasteiger charge is 2.15. The fourth-order valence-corrected chi connectivity index (χ4v) is 2.57. The molecule has 130 valence electrons. The van der Waals surface area contributed by atoms with Crippen LogP contribution in [-0.4, -0.2) is 23.6 Å². The number of aliphatic hydroxyl groups is 1. The lowest BCUT2D eigenvalue weighted by Gasteiger charge is -2.20. The molecule has 2 aromatic rings. The lowest BCUT2D eigenvalue weighted by Crippen LogP contribution is -2.33. The smallest absolute Gasteiger partial charge is 0.119 e. The first-order valence-corrected chi connectivity index (χ1v) is 8.96. The van der Waals surface area contributed by atoms with Gasteiger partial charge in [-0.25, -0.2) is 0 Å². The Morgan fingerprint density at radius 3 is 2.38 bits per heavy atom. The molecular formula is C19H23Cl2NO2. The van der Waals surface area contributed by atoms with Gasteiger partial charge >= 0.3 is 0 Å². The van der Waals surface area contributed by atoms with E-state index in [9.17, 15) is 5.11 Å². The second kappa shape index (κ2) is 9.90. The molecule has 0 radical (unpaired) electrons. The standard InChI is InChI=1S/C19H23Cl2NO2/c1-14(22-12-2-11-20)19(23)16-5-9-18(10-6-16)24-13-15-3-7-17(21)8-4-15/h3-10,14,19,22-23H,2,11-13H2,1H3. The van der Waals surface area contributed by atoms with E-state index < -0.39 is 6.10 Å². The van der Waals surface area contributed by atoms with E-state index in [1.165, 1.54) is 0 Å². The summed E-state index contributed by atoms with van der Waals surface area (Å²) >= 11 is 11.5. The van der Waals surface area contributed by atoms with Gasteiger partial charge in [0.2, 0.25) is 0 Å². The Bertz CT molecular complexity index is 602. The highest BCUT2D eigenvalue weighted by Crippen LogP contribution is 2.21. The zero-order valence-corrected chi connectivity index (χ0v) is 15.2. The predicted molar refractivity (Wildman–Crippen MR) is 100.0 cm³/mol. The molecule has 2 rings (SSSR count). The summed E-state index contributed by atoms with van der Waals surface area (Å²) in [5, 5.41) is 14.3. The molecule has 0 spiro atoms. The zero-order valence-electron chi connectivity index (χ0n) is 13.7. The van der Waals surface area contributed by atoms with E-state index in [-0.39, 0.29) is 6.04 Å². The first-order valence-electron chi connectivity index (χ1n) is 8.05. The third-order valence-electron chi connectivity index (χ3n) is 3.79. The Hall–Kier alpha value is -1.26. The molecule has 3 nitrogen and oxygen atoms in total. The van der Waals surface area contributed by atoms with Crippen LogP contribution in [0, 0.1) is 0 Å². The Kier molecular flexibility index (Phi) is 7.86. The topological polar surface area (TPSA) is 41.5 Å². The summed E-state index contributed by atoms with van der Waals surface area (Å²) < 4.78 is 5.75. The van der Waals surface area contributed by atoms with Crippen LogP contribution in [0.4, 0.5) is 0 Å². The maximum Gasteiger partial charge on any atom is 0.119 e. The van der Waals surface area contributed by atoms with Crippen LogP contribution in [0.15, 0.2) is 48.5 Å². The lowest BCUT2D eigenvalue weighted by atomic mass is 10.0. The largest absolute Gasteiger partial charge is 0.489 e. The number of aliphatic hydroxyl groups excluding tert-OH is 1. The van der Waals surface area contributed by atoms with Crippen LogP contribution in [0.5, 0.6) is 5.75 Å². The van der Waals surface area contributed by atoms with Crippen molar-refractivity contribution in [3.05, 3.63) is 64.7 Å². The SMILES string of the molecule is CC(NCCCCl)C(O)c1ccc(OCc2ccc(Cl)cc2)cc1. The quantitative estimate of drug-likeness (QED) is 0.504. The number of hydrogen-bond acceptors (Lipinski definition) is 3. The monoisotopic (exact) mass is 367 g/mol. The summed E-state index contributed by atoms with van der Waals surface area (Å²) in [6.07, 6.45) is 0.321.